The second-order valence-electron chi connectivity index (χ2n) is 7.37. The van der Waals surface area contributed by atoms with Crippen LogP contribution in [-0.4, -0.2) is 55.1 Å². The van der Waals surface area contributed by atoms with Crippen molar-refractivity contribution < 1.29 is 4.79 Å². The molecule has 3 aromatic rings. The summed E-state index contributed by atoms with van der Waals surface area (Å²) >= 11 is 3.12. The van der Waals surface area contributed by atoms with Crippen molar-refractivity contribution in [2.75, 3.05) is 44.2 Å². The number of piperazine rings is 1. The second-order valence-corrected chi connectivity index (χ2v) is 9.15. The van der Waals surface area contributed by atoms with E-state index in [4.69, 9.17) is 0 Å². The first-order valence-electron chi connectivity index (χ1n) is 9.92. The van der Waals surface area contributed by atoms with Crippen molar-refractivity contribution in [3.05, 3.63) is 57.2 Å². The summed E-state index contributed by atoms with van der Waals surface area (Å²) in [6.45, 7) is 9.67. The number of thiazole rings is 1. The summed E-state index contributed by atoms with van der Waals surface area (Å²) in [7, 11) is 0. The molecule has 0 spiro atoms. The molecule has 0 bridgehead atoms. The summed E-state index contributed by atoms with van der Waals surface area (Å²) in [4.78, 5) is 22.7. The third kappa shape index (κ3) is 4.86. The summed E-state index contributed by atoms with van der Waals surface area (Å²) in [5.41, 5.74) is 4.50. The van der Waals surface area contributed by atoms with E-state index in [0.29, 0.717) is 6.54 Å². The van der Waals surface area contributed by atoms with Gasteiger partial charge in [0.15, 0.2) is 0 Å². The van der Waals surface area contributed by atoms with Crippen LogP contribution in [-0.2, 0) is 0 Å². The van der Waals surface area contributed by atoms with E-state index in [0.717, 1.165) is 53.9 Å². The van der Waals surface area contributed by atoms with Crippen LogP contribution in [0.5, 0.6) is 0 Å². The Morgan fingerprint density at radius 1 is 1.17 bits per heavy atom. The molecule has 0 aliphatic carbocycles. The molecule has 0 saturated carbocycles. The van der Waals surface area contributed by atoms with Crippen LogP contribution in [0.3, 0.4) is 0 Å². The van der Waals surface area contributed by atoms with Crippen molar-refractivity contribution in [1.82, 2.24) is 15.2 Å². The average Bonchev–Trinajstić information content (AvgIpc) is 3.38. The summed E-state index contributed by atoms with van der Waals surface area (Å²) in [6, 6.07) is 10.7. The van der Waals surface area contributed by atoms with Crippen LogP contribution in [0.25, 0.3) is 10.6 Å². The second kappa shape index (κ2) is 9.07. The third-order valence-corrected chi connectivity index (χ3v) is 7.11. The minimum Gasteiger partial charge on any atom is -0.369 e. The van der Waals surface area contributed by atoms with Gasteiger partial charge in [0.05, 0.1) is 5.69 Å². The highest BCUT2D eigenvalue weighted by Crippen LogP contribution is 2.29. The third-order valence-electron chi connectivity index (χ3n) is 5.22. The zero-order chi connectivity index (χ0) is 20.2. The fourth-order valence-electron chi connectivity index (χ4n) is 3.58. The minimum absolute atomic E-state index is 0.0140. The highest BCUT2D eigenvalue weighted by molar-refractivity contribution is 7.17. The molecule has 1 aliphatic rings. The maximum atomic E-state index is 12.6. The molecular weight excluding hydrogens is 400 g/mol. The van der Waals surface area contributed by atoms with E-state index in [1.165, 1.54) is 22.6 Å². The van der Waals surface area contributed by atoms with E-state index in [1.807, 2.05) is 18.4 Å². The molecule has 0 radical (unpaired) electrons. The lowest BCUT2D eigenvalue weighted by Crippen LogP contribution is -2.48. The van der Waals surface area contributed by atoms with Gasteiger partial charge in [-0.1, -0.05) is 12.1 Å². The molecule has 1 aliphatic heterocycles. The lowest BCUT2D eigenvalue weighted by Gasteiger charge is -2.36. The molecule has 0 atom stereocenters. The summed E-state index contributed by atoms with van der Waals surface area (Å²) in [5.74, 6) is -0.0140. The lowest BCUT2D eigenvalue weighted by atomic mass is 10.2. The Morgan fingerprint density at radius 2 is 2.00 bits per heavy atom. The summed E-state index contributed by atoms with van der Waals surface area (Å²) < 4.78 is 0. The molecule has 4 rings (SSSR count). The topological polar surface area (TPSA) is 48.5 Å². The molecule has 1 aromatic carbocycles. The molecule has 1 saturated heterocycles. The predicted molar refractivity (Wildman–Crippen MR) is 122 cm³/mol. The molecule has 0 unspecified atom stereocenters. The standard InChI is InChI=1S/C22H26N4OS2/c1-16-4-3-5-19(14-16)26-11-9-25(10-12-26)8-7-23-21(27)20-17(2)24-22(29-20)18-6-13-28-15-18/h3-6,13-15H,7-12H2,1-2H3,(H,23,27). The van der Waals surface area contributed by atoms with Crippen LogP contribution in [0.15, 0.2) is 41.1 Å². The van der Waals surface area contributed by atoms with Crippen LogP contribution in [0.1, 0.15) is 20.9 Å². The van der Waals surface area contributed by atoms with Crippen molar-refractivity contribution in [2.45, 2.75) is 13.8 Å². The van der Waals surface area contributed by atoms with Gasteiger partial charge in [-0.25, -0.2) is 4.98 Å². The summed E-state index contributed by atoms with van der Waals surface area (Å²) in [5, 5.41) is 8.09. The van der Waals surface area contributed by atoms with Gasteiger partial charge in [-0.3, -0.25) is 9.69 Å². The van der Waals surface area contributed by atoms with Gasteiger partial charge < -0.3 is 10.2 Å². The van der Waals surface area contributed by atoms with Crippen molar-refractivity contribution in [3.63, 3.8) is 0 Å². The van der Waals surface area contributed by atoms with Crippen LogP contribution < -0.4 is 10.2 Å². The van der Waals surface area contributed by atoms with E-state index in [2.05, 4.69) is 56.7 Å². The Hall–Kier alpha value is -2.22. The fourth-order valence-corrected chi connectivity index (χ4v) is 5.27. The van der Waals surface area contributed by atoms with E-state index < -0.39 is 0 Å². The lowest BCUT2D eigenvalue weighted by molar-refractivity contribution is 0.0951. The monoisotopic (exact) mass is 426 g/mol. The largest absolute Gasteiger partial charge is 0.369 e. The van der Waals surface area contributed by atoms with Crippen LogP contribution in [0, 0.1) is 13.8 Å². The van der Waals surface area contributed by atoms with Crippen LogP contribution >= 0.6 is 22.7 Å². The highest BCUT2D eigenvalue weighted by atomic mass is 32.1. The normalized spacial score (nSPS) is 14.9. The van der Waals surface area contributed by atoms with Gasteiger partial charge in [0.2, 0.25) is 0 Å². The Balaban J connectivity index is 1.24. The Morgan fingerprint density at radius 3 is 2.72 bits per heavy atom. The number of nitrogens with one attached hydrogen (secondary N) is 1. The number of hydrogen-bond acceptors (Lipinski definition) is 6. The molecular formula is C22H26N4OS2. The maximum Gasteiger partial charge on any atom is 0.263 e. The van der Waals surface area contributed by atoms with Crippen LogP contribution in [0.2, 0.25) is 0 Å². The molecule has 2 aromatic heterocycles. The number of carbonyl (C=O) groups excluding carboxylic acids is 1. The number of rotatable bonds is 6. The van der Waals surface area contributed by atoms with Gasteiger partial charge >= 0.3 is 0 Å². The van der Waals surface area contributed by atoms with E-state index in [1.54, 1.807) is 11.3 Å². The number of benzene rings is 1. The van der Waals surface area contributed by atoms with Crippen molar-refractivity contribution >= 4 is 34.3 Å². The molecule has 1 N–H and O–H groups in total. The van der Waals surface area contributed by atoms with Crippen molar-refractivity contribution in [1.29, 1.82) is 0 Å². The van der Waals surface area contributed by atoms with Crippen LogP contribution in [0.4, 0.5) is 5.69 Å². The molecule has 1 amide bonds. The van der Waals surface area contributed by atoms with Gasteiger partial charge in [0.25, 0.3) is 5.91 Å². The van der Waals surface area contributed by atoms with Gasteiger partial charge in [-0.05, 0) is 43.0 Å². The van der Waals surface area contributed by atoms with E-state index in [9.17, 15) is 4.79 Å². The van der Waals surface area contributed by atoms with E-state index in [-0.39, 0.29) is 5.91 Å². The quantitative estimate of drug-likeness (QED) is 0.646. The first-order chi connectivity index (χ1) is 14.1. The minimum atomic E-state index is -0.0140. The number of thiophene rings is 1. The zero-order valence-corrected chi connectivity index (χ0v) is 18.5. The van der Waals surface area contributed by atoms with Crippen molar-refractivity contribution in [2.24, 2.45) is 0 Å². The Kier molecular flexibility index (Phi) is 6.28. The number of nitrogens with zero attached hydrogens (tertiary/aromatic N) is 3. The SMILES string of the molecule is Cc1cccc(N2CCN(CCNC(=O)c3sc(-c4ccsc4)nc3C)CC2)c1. The number of aromatic nitrogens is 1. The first-order valence-corrected chi connectivity index (χ1v) is 11.7. The Bertz CT molecular complexity index is 959. The number of carbonyl (C=O) groups is 1. The fraction of sp³-hybridized carbons (Fsp3) is 0.364. The summed E-state index contributed by atoms with van der Waals surface area (Å²) in [6.07, 6.45) is 0. The van der Waals surface area contributed by atoms with Gasteiger partial charge in [-0.15, -0.1) is 11.3 Å². The highest BCUT2D eigenvalue weighted by Gasteiger charge is 2.19. The average molecular weight is 427 g/mol. The number of amides is 1. The number of anilines is 1. The maximum absolute atomic E-state index is 12.6. The molecule has 5 nitrogen and oxygen atoms in total. The van der Waals surface area contributed by atoms with Gasteiger partial charge in [0, 0.05) is 55.9 Å². The van der Waals surface area contributed by atoms with Crippen molar-refractivity contribution in [3.8, 4) is 10.6 Å². The number of hydrogen-bond donors (Lipinski definition) is 1. The first kappa shape index (κ1) is 20.1. The zero-order valence-electron chi connectivity index (χ0n) is 16.9. The van der Waals surface area contributed by atoms with Gasteiger partial charge in [-0.2, -0.15) is 11.3 Å². The predicted octanol–water partition coefficient (Wildman–Crippen LogP) is 4.04. The van der Waals surface area contributed by atoms with E-state index >= 15 is 0 Å². The molecule has 1 fully saturated rings. The molecule has 152 valence electrons. The molecule has 29 heavy (non-hydrogen) atoms. The Labute approximate surface area is 180 Å². The molecule has 7 heteroatoms. The number of aryl methyl sites for hydroxylation is 2. The smallest absolute Gasteiger partial charge is 0.263 e. The van der Waals surface area contributed by atoms with Gasteiger partial charge in [0.1, 0.15) is 9.88 Å². The molecule has 3 heterocycles.